The number of hydrogen-bond donors (Lipinski definition) is 1. The van der Waals surface area contributed by atoms with E-state index in [-0.39, 0.29) is 6.61 Å². The number of benzene rings is 2. The highest BCUT2D eigenvalue weighted by atomic mass is 32.2. The van der Waals surface area contributed by atoms with Crippen molar-refractivity contribution >= 4 is 11.8 Å². The van der Waals surface area contributed by atoms with Gasteiger partial charge < -0.3 is 14.6 Å². The molecule has 0 spiro atoms. The maximum Gasteiger partial charge on any atom is 0.196 e. The van der Waals surface area contributed by atoms with Gasteiger partial charge in [0.05, 0.1) is 13.7 Å². The molecule has 0 unspecified atom stereocenters. The van der Waals surface area contributed by atoms with Gasteiger partial charge in [-0.05, 0) is 49.7 Å². The number of ether oxygens (including phenoxy) is 2. The second-order valence-electron chi connectivity index (χ2n) is 5.73. The number of aromatic nitrogens is 3. The van der Waals surface area contributed by atoms with Gasteiger partial charge in [-0.15, -0.1) is 10.2 Å². The number of nitrogens with zero attached hydrogens (tertiary/aromatic N) is 3. The SMILES string of the molecule is CCOc1ccc(-n2c(SCCCO)nnc2-c2cccc(OC)c2)cc1. The molecule has 0 amide bonds. The van der Waals surface area contributed by atoms with E-state index in [9.17, 15) is 0 Å². The molecule has 27 heavy (non-hydrogen) atoms. The molecule has 1 aromatic heterocycles. The average Bonchev–Trinajstić information content (AvgIpc) is 3.13. The van der Waals surface area contributed by atoms with Crippen molar-refractivity contribution in [2.75, 3.05) is 26.1 Å². The number of rotatable bonds is 9. The third-order valence-electron chi connectivity index (χ3n) is 3.90. The Bertz CT molecular complexity index is 865. The summed E-state index contributed by atoms with van der Waals surface area (Å²) in [5.41, 5.74) is 1.87. The summed E-state index contributed by atoms with van der Waals surface area (Å²) in [4.78, 5) is 0. The van der Waals surface area contributed by atoms with Crippen LogP contribution in [-0.2, 0) is 0 Å². The predicted molar refractivity (Wildman–Crippen MR) is 107 cm³/mol. The molecule has 142 valence electrons. The van der Waals surface area contributed by atoms with Crippen molar-refractivity contribution in [3.05, 3.63) is 48.5 Å². The van der Waals surface area contributed by atoms with E-state index in [1.807, 2.05) is 60.0 Å². The van der Waals surface area contributed by atoms with E-state index in [1.54, 1.807) is 18.9 Å². The summed E-state index contributed by atoms with van der Waals surface area (Å²) < 4.78 is 12.9. The van der Waals surface area contributed by atoms with Crippen LogP contribution in [0.1, 0.15) is 13.3 Å². The second-order valence-corrected chi connectivity index (χ2v) is 6.79. The van der Waals surface area contributed by atoms with Gasteiger partial charge >= 0.3 is 0 Å². The Morgan fingerprint density at radius 2 is 1.89 bits per heavy atom. The Balaban J connectivity index is 2.02. The lowest BCUT2D eigenvalue weighted by Gasteiger charge is -2.12. The number of aliphatic hydroxyl groups excluding tert-OH is 1. The Morgan fingerprint density at radius 1 is 1.07 bits per heavy atom. The molecule has 0 aliphatic heterocycles. The van der Waals surface area contributed by atoms with E-state index in [4.69, 9.17) is 14.6 Å². The first-order chi connectivity index (χ1) is 13.3. The normalized spacial score (nSPS) is 10.8. The molecule has 1 N–H and O–H groups in total. The quantitative estimate of drug-likeness (QED) is 0.446. The molecule has 0 atom stereocenters. The van der Waals surface area contributed by atoms with Crippen LogP contribution in [-0.4, -0.2) is 45.9 Å². The molecule has 0 fully saturated rings. The van der Waals surface area contributed by atoms with E-state index >= 15 is 0 Å². The summed E-state index contributed by atoms with van der Waals surface area (Å²) in [6, 6.07) is 15.6. The molecule has 0 aliphatic carbocycles. The van der Waals surface area contributed by atoms with Crippen LogP contribution in [0.3, 0.4) is 0 Å². The molecule has 3 rings (SSSR count). The van der Waals surface area contributed by atoms with Crippen LogP contribution in [0.15, 0.2) is 53.7 Å². The zero-order valence-corrected chi connectivity index (χ0v) is 16.3. The smallest absolute Gasteiger partial charge is 0.196 e. The van der Waals surface area contributed by atoms with Crippen molar-refractivity contribution in [3.8, 4) is 28.6 Å². The van der Waals surface area contributed by atoms with E-state index in [0.717, 1.165) is 39.5 Å². The van der Waals surface area contributed by atoms with Gasteiger partial charge in [0.2, 0.25) is 0 Å². The van der Waals surface area contributed by atoms with E-state index < -0.39 is 0 Å². The Kier molecular flexibility index (Phi) is 6.73. The zero-order chi connectivity index (χ0) is 19.1. The van der Waals surface area contributed by atoms with Crippen LogP contribution in [0.5, 0.6) is 11.5 Å². The minimum absolute atomic E-state index is 0.160. The molecule has 2 aromatic carbocycles. The van der Waals surface area contributed by atoms with Crippen LogP contribution in [0, 0.1) is 0 Å². The average molecular weight is 385 g/mol. The summed E-state index contributed by atoms with van der Waals surface area (Å²) in [6.45, 7) is 2.75. The van der Waals surface area contributed by atoms with Crippen LogP contribution in [0.25, 0.3) is 17.1 Å². The summed E-state index contributed by atoms with van der Waals surface area (Å²) >= 11 is 1.57. The molecule has 3 aromatic rings. The van der Waals surface area contributed by atoms with Crippen molar-refractivity contribution in [2.24, 2.45) is 0 Å². The molecule has 0 saturated carbocycles. The fourth-order valence-corrected chi connectivity index (χ4v) is 3.51. The largest absolute Gasteiger partial charge is 0.497 e. The first kappa shape index (κ1) is 19.3. The maximum atomic E-state index is 9.07. The highest BCUT2D eigenvalue weighted by Gasteiger charge is 2.16. The first-order valence-corrected chi connectivity index (χ1v) is 9.82. The van der Waals surface area contributed by atoms with Crippen molar-refractivity contribution in [1.29, 1.82) is 0 Å². The fraction of sp³-hybridized carbons (Fsp3) is 0.300. The maximum absolute atomic E-state index is 9.07. The topological polar surface area (TPSA) is 69.4 Å². The van der Waals surface area contributed by atoms with Crippen LogP contribution in [0.2, 0.25) is 0 Å². The number of hydrogen-bond acceptors (Lipinski definition) is 6. The number of methoxy groups -OCH3 is 1. The Labute approximate surface area is 163 Å². The monoisotopic (exact) mass is 385 g/mol. The van der Waals surface area contributed by atoms with Gasteiger partial charge in [-0.3, -0.25) is 4.57 Å². The molecule has 1 heterocycles. The van der Waals surface area contributed by atoms with Gasteiger partial charge in [0.1, 0.15) is 11.5 Å². The number of aliphatic hydroxyl groups is 1. The van der Waals surface area contributed by atoms with Crippen LogP contribution < -0.4 is 9.47 Å². The number of thioether (sulfide) groups is 1. The summed E-state index contributed by atoms with van der Waals surface area (Å²) in [7, 11) is 1.65. The van der Waals surface area contributed by atoms with Gasteiger partial charge in [-0.2, -0.15) is 0 Å². The van der Waals surface area contributed by atoms with Gasteiger partial charge in [0.25, 0.3) is 0 Å². The molecular formula is C20H23N3O3S. The third kappa shape index (κ3) is 4.61. The molecule has 7 heteroatoms. The summed E-state index contributed by atoms with van der Waals surface area (Å²) in [5, 5.41) is 18.6. The molecule has 0 bridgehead atoms. The van der Waals surface area contributed by atoms with Crippen molar-refractivity contribution < 1.29 is 14.6 Å². The van der Waals surface area contributed by atoms with Crippen LogP contribution in [0.4, 0.5) is 0 Å². The Morgan fingerprint density at radius 3 is 2.59 bits per heavy atom. The molecule has 0 radical (unpaired) electrons. The molecule has 0 aliphatic rings. The lowest BCUT2D eigenvalue weighted by atomic mass is 10.2. The molecule has 0 saturated heterocycles. The van der Waals surface area contributed by atoms with E-state index in [1.165, 1.54) is 0 Å². The highest BCUT2D eigenvalue weighted by Crippen LogP contribution is 2.30. The summed E-state index contributed by atoms with van der Waals surface area (Å²) in [6.07, 6.45) is 0.704. The van der Waals surface area contributed by atoms with Gasteiger partial charge in [0, 0.05) is 23.6 Å². The lowest BCUT2D eigenvalue weighted by Crippen LogP contribution is -2.01. The second kappa shape index (κ2) is 9.43. The van der Waals surface area contributed by atoms with Crippen molar-refractivity contribution in [2.45, 2.75) is 18.5 Å². The van der Waals surface area contributed by atoms with Gasteiger partial charge in [-0.25, -0.2) is 0 Å². The van der Waals surface area contributed by atoms with Crippen molar-refractivity contribution in [1.82, 2.24) is 14.8 Å². The Hall–Kier alpha value is -2.51. The van der Waals surface area contributed by atoms with Crippen LogP contribution >= 0.6 is 11.8 Å². The van der Waals surface area contributed by atoms with E-state index in [2.05, 4.69) is 10.2 Å². The van der Waals surface area contributed by atoms with Crippen molar-refractivity contribution in [3.63, 3.8) is 0 Å². The van der Waals surface area contributed by atoms with Gasteiger partial charge in [0.15, 0.2) is 11.0 Å². The lowest BCUT2D eigenvalue weighted by molar-refractivity contribution is 0.296. The minimum atomic E-state index is 0.160. The minimum Gasteiger partial charge on any atom is -0.497 e. The zero-order valence-electron chi connectivity index (χ0n) is 15.5. The van der Waals surface area contributed by atoms with E-state index in [0.29, 0.717) is 13.0 Å². The predicted octanol–water partition coefficient (Wildman–Crippen LogP) is 3.82. The molecular weight excluding hydrogens is 362 g/mol. The first-order valence-electron chi connectivity index (χ1n) is 8.83. The third-order valence-corrected chi connectivity index (χ3v) is 4.92. The summed E-state index contributed by atoms with van der Waals surface area (Å²) in [5.74, 6) is 3.10. The van der Waals surface area contributed by atoms with Gasteiger partial charge in [-0.1, -0.05) is 23.9 Å². The molecule has 6 nitrogen and oxygen atoms in total. The highest BCUT2D eigenvalue weighted by molar-refractivity contribution is 7.99. The standard InChI is InChI=1S/C20H23N3O3S/c1-3-26-17-10-8-16(9-11-17)23-19(15-6-4-7-18(14-15)25-2)21-22-20(23)27-13-5-12-24/h4,6-11,14,24H,3,5,12-13H2,1-2H3. The fourth-order valence-electron chi connectivity index (χ4n) is 2.63.